The Hall–Kier alpha value is -2.94. The molecule has 0 aromatic heterocycles. The van der Waals surface area contributed by atoms with Crippen molar-refractivity contribution < 1.29 is 18.7 Å². The lowest BCUT2D eigenvalue weighted by Crippen LogP contribution is -2.50. The zero-order valence-corrected chi connectivity index (χ0v) is 19.8. The third-order valence-corrected chi connectivity index (χ3v) is 6.43. The topological polar surface area (TPSA) is 65.1 Å². The summed E-state index contributed by atoms with van der Waals surface area (Å²) in [5.74, 6) is -0.492. The molecule has 2 aliphatic heterocycles. The number of ether oxygens (including phenoxy) is 1. The van der Waals surface area contributed by atoms with E-state index in [1.807, 2.05) is 11.0 Å². The predicted molar refractivity (Wildman–Crippen MR) is 127 cm³/mol. The first kappa shape index (κ1) is 24.2. The molecule has 1 unspecified atom stereocenters. The van der Waals surface area contributed by atoms with Crippen LogP contribution in [-0.4, -0.2) is 66.3 Å². The van der Waals surface area contributed by atoms with Crippen LogP contribution in [0.3, 0.4) is 0 Å². The quantitative estimate of drug-likeness (QED) is 0.670. The fourth-order valence-electron chi connectivity index (χ4n) is 4.29. The Kier molecular flexibility index (Phi) is 7.82. The average molecular weight is 487 g/mol. The van der Waals surface area contributed by atoms with Crippen LogP contribution in [0.15, 0.2) is 71.4 Å². The second kappa shape index (κ2) is 11.0. The van der Waals surface area contributed by atoms with Gasteiger partial charge < -0.3 is 15.0 Å². The summed E-state index contributed by atoms with van der Waals surface area (Å²) in [5, 5.41) is 3.27. The number of allylic oxidation sites excluding steroid dienone is 4. The van der Waals surface area contributed by atoms with Crippen LogP contribution in [0.25, 0.3) is 0 Å². The Balaban J connectivity index is 1.43. The van der Waals surface area contributed by atoms with Crippen LogP contribution in [0.5, 0.6) is 0 Å². The highest BCUT2D eigenvalue weighted by Crippen LogP contribution is 2.36. The molecule has 180 valence electrons. The number of nitrogens with one attached hydrogen (secondary N) is 1. The standard InChI is InChI=1S/C25H28ClFN4O3/c1-28-15-23(32)31-13-14-34-22(17-31)24-20(3-2-4-21(24)26)25(33)30-11-9-29(10-12-30)16-18-5-7-19(27)8-6-18/h2,4-8,13-14,17,20,28H,3,9-12,15-16H2,1H3. The number of halogens is 2. The van der Waals surface area contributed by atoms with Gasteiger partial charge in [-0.15, -0.1) is 0 Å². The van der Waals surface area contributed by atoms with Crippen molar-refractivity contribution in [3.8, 4) is 0 Å². The molecule has 0 spiro atoms. The summed E-state index contributed by atoms with van der Waals surface area (Å²) in [7, 11) is 1.70. The molecule has 1 saturated heterocycles. The average Bonchev–Trinajstić information content (AvgIpc) is 2.85. The molecule has 2 amide bonds. The zero-order chi connectivity index (χ0) is 24.1. The first-order chi connectivity index (χ1) is 16.5. The number of likely N-dealkylation sites (N-methyl/N-ethyl adjacent to an activating group) is 1. The van der Waals surface area contributed by atoms with Crippen molar-refractivity contribution in [2.24, 2.45) is 5.92 Å². The SMILES string of the molecule is CNCC(=O)N1C=COC(C2=C(Cl)C=CCC2C(=O)N2CCN(Cc3ccc(F)cc3)CC2)=C1. The second-order valence-corrected chi connectivity index (χ2v) is 8.82. The normalized spacial score (nSPS) is 20.9. The van der Waals surface area contributed by atoms with E-state index in [0.29, 0.717) is 35.9 Å². The van der Waals surface area contributed by atoms with Gasteiger partial charge in [-0.25, -0.2) is 4.39 Å². The Labute approximate surface area is 203 Å². The fraction of sp³-hybridized carbons (Fsp3) is 0.360. The smallest absolute Gasteiger partial charge is 0.244 e. The maximum atomic E-state index is 13.5. The van der Waals surface area contributed by atoms with Crippen LogP contribution < -0.4 is 5.32 Å². The molecule has 1 atom stereocenters. The van der Waals surface area contributed by atoms with Gasteiger partial charge in [-0.3, -0.25) is 19.4 Å². The largest absolute Gasteiger partial charge is 0.462 e. The number of nitrogens with zero attached hydrogens (tertiary/aromatic N) is 3. The third-order valence-electron chi connectivity index (χ3n) is 6.10. The molecule has 2 heterocycles. The minimum absolute atomic E-state index is 0.00825. The zero-order valence-electron chi connectivity index (χ0n) is 19.0. The van der Waals surface area contributed by atoms with Crippen LogP contribution in [0.4, 0.5) is 4.39 Å². The molecule has 1 aromatic carbocycles. The number of benzene rings is 1. The lowest BCUT2D eigenvalue weighted by Gasteiger charge is -2.37. The Morgan fingerprint density at radius 2 is 1.91 bits per heavy atom. The summed E-state index contributed by atoms with van der Waals surface area (Å²) < 4.78 is 18.8. The van der Waals surface area contributed by atoms with Gasteiger partial charge in [0.1, 0.15) is 17.8 Å². The highest BCUT2D eigenvalue weighted by molar-refractivity contribution is 6.32. The summed E-state index contributed by atoms with van der Waals surface area (Å²) in [5.41, 5.74) is 1.64. The van der Waals surface area contributed by atoms with Crippen LogP contribution >= 0.6 is 11.6 Å². The van der Waals surface area contributed by atoms with E-state index < -0.39 is 5.92 Å². The van der Waals surface area contributed by atoms with Crippen molar-refractivity contribution in [1.29, 1.82) is 0 Å². The Bertz CT molecular complexity index is 1040. The van der Waals surface area contributed by atoms with Crippen LogP contribution in [0, 0.1) is 11.7 Å². The molecule has 0 saturated carbocycles. The van der Waals surface area contributed by atoms with Gasteiger partial charge in [0.25, 0.3) is 0 Å². The van der Waals surface area contributed by atoms with Gasteiger partial charge in [0.05, 0.1) is 18.7 Å². The fourth-order valence-corrected chi connectivity index (χ4v) is 4.60. The molecule has 3 aliphatic rings. The van der Waals surface area contributed by atoms with E-state index in [1.165, 1.54) is 29.5 Å². The van der Waals surface area contributed by atoms with E-state index >= 15 is 0 Å². The molecule has 4 rings (SSSR count). The van der Waals surface area contributed by atoms with E-state index in [2.05, 4.69) is 10.2 Å². The third kappa shape index (κ3) is 5.58. The van der Waals surface area contributed by atoms with Crippen molar-refractivity contribution in [2.75, 3.05) is 39.8 Å². The summed E-state index contributed by atoms with van der Waals surface area (Å²) >= 11 is 6.53. The summed E-state index contributed by atoms with van der Waals surface area (Å²) in [6.07, 6.45) is 8.71. The van der Waals surface area contributed by atoms with E-state index in [1.54, 1.807) is 31.5 Å². The van der Waals surface area contributed by atoms with E-state index in [4.69, 9.17) is 16.3 Å². The van der Waals surface area contributed by atoms with Gasteiger partial charge in [0.15, 0.2) is 0 Å². The van der Waals surface area contributed by atoms with Gasteiger partial charge in [0, 0.05) is 49.5 Å². The number of piperazine rings is 1. The van der Waals surface area contributed by atoms with Crippen LogP contribution in [-0.2, 0) is 20.9 Å². The van der Waals surface area contributed by atoms with Crippen molar-refractivity contribution >= 4 is 23.4 Å². The van der Waals surface area contributed by atoms with Gasteiger partial charge in [0.2, 0.25) is 11.8 Å². The highest BCUT2D eigenvalue weighted by Gasteiger charge is 2.35. The predicted octanol–water partition coefficient (Wildman–Crippen LogP) is 2.93. The monoisotopic (exact) mass is 486 g/mol. The van der Waals surface area contributed by atoms with Crippen molar-refractivity contribution in [3.63, 3.8) is 0 Å². The molecule has 9 heteroatoms. The Morgan fingerprint density at radius 3 is 2.62 bits per heavy atom. The molecule has 0 bridgehead atoms. The van der Waals surface area contributed by atoms with E-state index in [-0.39, 0.29) is 24.2 Å². The minimum Gasteiger partial charge on any atom is -0.462 e. The molecule has 34 heavy (non-hydrogen) atoms. The van der Waals surface area contributed by atoms with Gasteiger partial charge >= 0.3 is 0 Å². The molecule has 1 aliphatic carbocycles. The minimum atomic E-state index is -0.486. The summed E-state index contributed by atoms with van der Waals surface area (Å²) in [6.45, 7) is 3.54. The molecule has 7 nitrogen and oxygen atoms in total. The van der Waals surface area contributed by atoms with Gasteiger partial charge in [-0.05, 0) is 37.2 Å². The number of hydrogen-bond acceptors (Lipinski definition) is 5. The van der Waals surface area contributed by atoms with Crippen molar-refractivity contribution in [2.45, 2.75) is 13.0 Å². The number of carbonyl (C=O) groups excluding carboxylic acids is 2. The van der Waals surface area contributed by atoms with E-state index in [0.717, 1.165) is 25.2 Å². The number of hydrogen-bond donors (Lipinski definition) is 1. The second-order valence-electron chi connectivity index (χ2n) is 8.41. The van der Waals surface area contributed by atoms with Gasteiger partial charge in [-0.1, -0.05) is 29.8 Å². The lowest BCUT2D eigenvalue weighted by molar-refractivity contribution is -0.136. The summed E-state index contributed by atoms with van der Waals surface area (Å²) in [4.78, 5) is 31.4. The molecule has 0 radical (unpaired) electrons. The lowest BCUT2D eigenvalue weighted by atomic mass is 9.88. The molecule has 1 N–H and O–H groups in total. The first-order valence-electron chi connectivity index (χ1n) is 11.3. The summed E-state index contributed by atoms with van der Waals surface area (Å²) in [6, 6.07) is 6.51. The highest BCUT2D eigenvalue weighted by atomic mass is 35.5. The number of amides is 2. The Morgan fingerprint density at radius 1 is 1.18 bits per heavy atom. The number of rotatable bonds is 6. The molecule has 1 fully saturated rings. The van der Waals surface area contributed by atoms with Gasteiger partial charge in [-0.2, -0.15) is 0 Å². The maximum absolute atomic E-state index is 13.5. The van der Waals surface area contributed by atoms with E-state index in [9.17, 15) is 14.0 Å². The molecule has 1 aromatic rings. The molecular weight excluding hydrogens is 459 g/mol. The first-order valence-corrected chi connectivity index (χ1v) is 11.7. The number of carbonyl (C=O) groups is 2. The van der Waals surface area contributed by atoms with Crippen LogP contribution in [0.1, 0.15) is 12.0 Å². The van der Waals surface area contributed by atoms with Crippen molar-refractivity contribution in [1.82, 2.24) is 20.0 Å². The maximum Gasteiger partial charge on any atom is 0.244 e. The molecular formula is C25H28ClFN4O3. The van der Waals surface area contributed by atoms with Crippen LogP contribution in [0.2, 0.25) is 0 Å². The van der Waals surface area contributed by atoms with Crippen molar-refractivity contribution in [3.05, 3.63) is 82.8 Å².